The summed E-state index contributed by atoms with van der Waals surface area (Å²) in [6, 6.07) is 13.1. The van der Waals surface area contributed by atoms with Gasteiger partial charge in [-0.2, -0.15) is 0 Å². The summed E-state index contributed by atoms with van der Waals surface area (Å²) in [4.78, 5) is 0. The fourth-order valence-electron chi connectivity index (χ4n) is 1.87. The average molecular weight is 297 g/mol. The third kappa shape index (κ3) is 2.96. The molecule has 1 unspecified atom stereocenters. The molecule has 2 rings (SSSR count). The number of methoxy groups -OCH3 is 2. The molecule has 0 saturated carbocycles. The third-order valence-corrected chi connectivity index (χ3v) is 3.71. The molecule has 19 heavy (non-hydrogen) atoms. The van der Waals surface area contributed by atoms with Crippen LogP contribution in [-0.2, 0) is 0 Å². The van der Waals surface area contributed by atoms with Crippen molar-refractivity contribution in [3.05, 3.63) is 58.6 Å². The highest BCUT2D eigenvalue weighted by Gasteiger charge is 2.16. The SMILES string of the molecule is COc1ccc(C(Cl)c2ccccc2Cl)cc1OC. The van der Waals surface area contributed by atoms with Gasteiger partial charge in [-0.05, 0) is 29.3 Å². The van der Waals surface area contributed by atoms with Gasteiger partial charge in [-0.1, -0.05) is 35.9 Å². The monoisotopic (exact) mass is 296 g/mol. The van der Waals surface area contributed by atoms with Crippen molar-refractivity contribution in [3.8, 4) is 11.5 Å². The van der Waals surface area contributed by atoms with Crippen LogP contribution in [0, 0.1) is 0 Å². The number of ether oxygens (including phenoxy) is 2. The number of halogens is 2. The fourth-order valence-corrected chi connectivity index (χ4v) is 2.50. The van der Waals surface area contributed by atoms with Gasteiger partial charge in [-0.25, -0.2) is 0 Å². The molecular formula is C15H14Cl2O2. The van der Waals surface area contributed by atoms with Gasteiger partial charge in [0.05, 0.1) is 19.6 Å². The standard InChI is InChI=1S/C15H14Cl2O2/c1-18-13-8-7-10(9-14(13)19-2)15(17)11-5-3-4-6-12(11)16/h3-9,15H,1-2H3. The van der Waals surface area contributed by atoms with E-state index in [1.165, 1.54) is 0 Å². The molecule has 0 aromatic heterocycles. The Morgan fingerprint density at radius 1 is 0.947 bits per heavy atom. The maximum absolute atomic E-state index is 6.48. The molecule has 0 saturated heterocycles. The summed E-state index contributed by atoms with van der Waals surface area (Å²) in [6.07, 6.45) is 0. The second kappa shape index (κ2) is 6.18. The van der Waals surface area contributed by atoms with Crippen LogP contribution in [0.3, 0.4) is 0 Å². The van der Waals surface area contributed by atoms with Crippen molar-refractivity contribution in [2.45, 2.75) is 5.38 Å². The molecule has 4 heteroatoms. The summed E-state index contributed by atoms with van der Waals surface area (Å²) >= 11 is 12.6. The van der Waals surface area contributed by atoms with E-state index in [0.717, 1.165) is 11.1 Å². The summed E-state index contributed by atoms with van der Waals surface area (Å²) in [7, 11) is 3.20. The van der Waals surface area contributed by atoms with Gasteiger partial charge >= 0.3 is 0 Å². The summed E-state index contributed by atoms with van der Waals surface area (Å²) in [5.41, 5.74) is 1.78. The first kappa shape index (κ1) is 14.0. The van der Waals surface area contributed by atoms with Crippen LogP contribution in [0.2, 0.25) is 5.02 Å². The molecule has 0 spiro atoms. The lowest BCUT2D eigenvalue weighted by Gasteiger charge is -2.14. The molecule has 0 aliphatic rings. The largest absolute Gasteiger partial charge is 0.493 e. The Bertz CT molecular complexity index is 570. The molecule has 0 heterocycles. The number of hydrogen-bond donors (Lipinski definition) is 0. The van der Waals surface area contributed by atoms with Crippen molar-refractivity contribution in [3.63, 3.8) is 0 Å². The zero-order valence-corrected chi connectivity index (χ0v) is 12.2. The Morgan fingerprint density at radius 3 is 2.26 bits per heavy atom. The quantitative estimate of drug-likeness (QED) is 0.762. The second-order valence-electron chi connectivity index (χ2n) is 4.00. The van der Waals surface area contributed by atoms with Crippen molar-refractivity contribution in [2.24, 2.45) is 0 Å². The third-order valence-electron chi connectivity index (χ3n) is 2.88. The first-order chi connectivity index (χ1) is 9.17. The van der Waals surface area contributed by atoms with Gasteiger partial charge < -0.3 is 9.47 Å². The van der Waals surface area contributed by atoms with E-state index >= 15 is 0 Å². The highest BCUT2D eigenvalue weighted by atomic mass is 35.5. The van der Waals surface area contributed by atoms with Crippen LogP contribution < -0.4 is 9.47 Å². The Labute approximate surface area is 122 Å². The van der Waals surface area contributed by atoms with Gasteiger partial charge in [0.2, 0.25) is 0 Å². The van der Waals surface area contributed by atoms with E-state index in [1.807, 2.05) is 42.5 Å². The minimum Gasteiger partial charge on any atom is -0.493 e. The summed E-state index contributed by atoms with van der Waals surface area (Å²) in [5.74, 6) is 1.33. The molecule has 1 atom stereocenters. The van der Waals surface area contributed by atoms with Crippen LogP contribution in [0.1, 0.15) is 16.5 Å². The molecule has 100 valence electrons. The van der Waals surface area contributed by atoms with E-state index in [0.29, 0.717) is 16.5 Å². The molecule has 0 N–H and O–H groups in total. The number of benzene rings is 2. The van der Waals surface area contributed by atoms with Crippen molar-refractivity contribution >= 4 is 23.2 Å². The van der Waals surface area contributed by atoms with Gasteiger partial charge in [0, 0.05) is 5.02 Å². The molecule has 2 nitrogen and oxygen atoms in total. The molecule has 0 aliphatic carbocycles. The zero-order chi connectivity index (χ0) is 13.8. The normalized spacial score (nSPS) is 12.0. The number of hydrogen-bond acceptors (Lipinski definition) is 2. The van der Waals surface area contributed by atoms with Gasteiger partial charge in [0.25, 0.3) is 0 Å². The van der Waals surface area contributed by atoms with E-state index in [1.54, 1.807) is 14.2 Å². The van der Waals surface area contributed by atoms with Crippen LogP contribution >= 0.6 is 23.2 Å². The lowest BCUT2D eigenvalue weighted by atomic mass is 10.0. The summed E-state index contributed by atoms with van der Waals surface area (Å²) in [5, 5.41) is 0.325. The number of alkyl halides is 1. The topological polar surface area (TPSA) is 18.5 Å². The van der Waals surface area contributed by atoms with Crippen molar-refractivity contribution in [1.29, 1.82) is 0 Å². The van der Waals surface area contributed by atoms with Crippen molar-refractivity contribution < 1.29 is 9.47 Å². The predicted molar refractivity (Wildman–Crippen MR) is 78.7 cm³/mol. The smallest absolute Gasteiger partial charge is 0.161 e. The Balaban J connectivity index is 2.39. The maximum Gasteiger partial charge on any atom is 0.161 e. The zero-order valence-electron chi connectivity index (χ0n) is 10.7. The maximum atomic E-state index is 6.48. The molecule has 0 bridgehead atoms. The van der Waals surface area contributed by atoms with Crippen molar-refractivity contribution in [2.75, 3.05) is 14.2 Å². The first-order valence-electron chi connectivity index (χ1n) is 5.77. The minimum atomic E-state index is -0.325. The van der Waals surface area contributed by atoms with Gasteiger partial charge in [0.1, 0.15) is 0 Å². The Morgan fingerprint density at radius 2 is 1.63 bits per heavy atom. The minimum absolute atomic E-state index is 0.325. The molecule has 0 radical (unpaired) electrons. The van der Waals surface area contributed by atoms with E-state index in [2.05, 4.69) is 0 Å². The second-order valence-corrected chi connectivity index (χ2v) is 4.84. The van der Waals surface area contributed by atoms with Crippen LogP contribution in [0.25, 0.3) is 0 Å². The van der Waals surface area contributed by atoms with Crippen LogP contribution in [0.4, 0.5) is 0 Å². The van der Waals surface area contributed by atoms with E-state index < -0.39 is 0 Å². The average Bonchev–Trinajstić information content (AvgIpc) is 2.46. The molecule has 0 amide bonds. The van der Waals surface area contributed by atoms with Gasteiger partial charge in [-0.3, -0.25) is 0 Å². The first-order valence-corrected chi connectivity index (χ1v) is 6.59. The van der Waals surface area contributed by atoms with E-state index in [4.69, 9.17) is 32.7 Å². The van der Waals surface area contributed by atoms with Crippen molar-refractivity contribution in [1.82, 2.24) is 0 Å². The van der Waals surface area contributed by atoms with Crippen LogP contribution in [0.5, 0.6) is 11.5 Å². The van der Waals surface area contributed by atoms with E-state index in [-0.39, 0.29) is 5.38 Å². The van der Waals surface area contributed by atoms with Gasteiger partial charge in [-0.15, -0.1) is 11.6 Å². The Kier molecular flexibility index (Phi) is 4.56. The highest BCUT2D eigenvalue weighted by molar-refractivity contribution is 6.33. The number of rotatable bonds is 4. The molecule has 2 aromatic carbocycles. The van der Waals surface area contributed by atoms with Crippen LogP contribution in [0.15, 0.2) is 42.5 Å². The van der Waals surface area contributed by atoms with Crippen LogP contribution in [-0.4, -0.2) is 14.2 Å². The van der Waals surface area contributed by atoms with Gasteiger partial charge in [0.15, 0.2) is 11.5 Å². The summed E-state index contributed by atoms with van der Waals surface area (Å²) < 4.78 is 10.5. The lowest BCUT2D eigenvalue weighted by Crippen LogP contribution is -1.97. The molecule has 2 aromatic rings. The molecular weight excluding hydrogens is 283 g/mol. The van der Waals surface area contributed by atoms with E-state index in [9.17, 15) is 0 Å². The lowest BCUT2D eigenvalue weighted by molar-refractivity contribution is 0.354. The fraction of sp³-hybridized carbons (Fsp3) is 0.200. The molecule has 0 fully saturated rings. The predicted octanol–water partition coefficient (Wildman–Crippen LogP) is 4.69. The Hall–Kier alpha value is -1.38. The summed E-state index contributed by atoms with van der Waals surface area (Å²) in [6.45, 7) is 0. The molecule has 0 aliphatic heterocycles. The highest BCUT2D eigenvalue weighted by Crippen LogP contribution is 2.37.